The molecule has 1 atom stereocenters. The van der Waals surface area contributed by atoms with E-state index in [2.05, 4.69) is 5.32 Å². The number of furan rings is 1. The van der Waals surface area contributed by atoms with Crippen molar-refractivity contribution in [2.24, 2.45) is 0 Å². The highest BCUT2D eigenvalue weighted by Crippen LogP contribution is 2.25. The largest absolute Gasteiger partial charge is 0.467 e. The molecule has 0 radical (unpaired) electrons. The van der Waals surface area contributed by atoms with Gasteiger partial charge in [0, 0.05) is 9.75 Å². The number of amides is 1. The third-order valence-electron chi connectivity index (χ3n) is 3.52. The fraction of sp³-hybridized carbons (Fsp3) is 0.167. The van der Waals surface area contributed by atoms with E-state index in [0.29, 0.717) is 0 Å². The Morgan fingerprint density at radius 2 is 1.91 bits per heavy atom. The van der Waals surface area contributed by atoms with Crippen LogP contribution in [0.25, 0.3) is 0 Å². The van der Waals surface area contributed by atoms with Gasteiger partial charge in [0.25, 0.3) is 5.91 Å². The van der Waals surface area contributed by atoms with E-state index in [0.717, 1.165) is 26.6 Å². The van der Waals surface area contributed by atoms with Crippen LogP contribution < -0.4 is 5.32 Å². The minimum Gasteiger partial charge on any atom is -0.467 e. The minimum atomic E-state index is -0.289. The summed E-state index contributed by atoms with van der Waals surface area (Å²) in [6.45, 7) is 3.98. The monoisotopic (exact) mass is 311 g/mol. The molecule has 22 heavy (non-hydrogen) atoms. The van der Waals surface area contributed by atoms with Crippen molar-refractivity contribution in [3.63, 3.8) is 0 Å². The maximum atomic E-state index is 12.6. The van der Waals surface area contributed by atoms with Crippen LogP contribution in [0.3, 0.4) is 0 Å². The number of aryl methyl sites for hydroxylation is 2. The van der Waals surface area contributed by atoms with Gasteiger partial charge >= 0.3 is 0 Å². The molecule has 3 nitrogen and oxygen atoms in total. The van der Waals surface area contributed by atoms with Crippen molar-refractivity contribution in [1.29, 1.82) is 0 Å². The number of hydrogen-bond acceptors (Lipinski definition) is 3. The quantitative estimate of drug-likeness (QED) is 0.772. The lowest BCUT2D eigenvalue weighted by Gasteiger charge is -2.17. The van der Waals surface area contributed by atoms with Gasteiger partial charge in [0.1, 0.15) is 11.8 Å². The van der Waals surface area contributed by atoms with E-state index < -0.39 is 0 Å². The SMILES string of the molecule is Cc1cc(C(=O)NC(c2ccccc2)c2ccco2)c(C)s1. The smallest absolute Gasteiger partial charge is 0.253 e. The highest BCUT2D eigenvalue weighted by molar-refractivity contribution is 7.12. The lowest BCUT2D eigenvalue weighted by Crippen LogP contribution is -2.29. The van der Waals surface area contributed by atoms with Crippen LogP contribution in [0.2, 0.25) is 0 Å². The number of thiophene rings is 1. The summed E-state index contributed by atoms with van der Waals surface area (Å²) in [5.41, 5.74) is 1.73. The molecule has 1 N–H and O–H groups in total. The molecule has 0 spiro atoms. The first-order chi connectivity index (χ1) is 10.6. The first-order valence-corrected chi connectivity index (χ1v) is 7.93. The molecule has 1 unspecified atom stereocenters. The van der Waals surface area contributed by atoms with Crippen LogP contribution in [-0.2, 0) is 0 Å². The topological polar surface area (TPSA) is 42.2 Å². The Bertz CT molecular complexity index is 760. The number of hydrogen-bond donors (Lipinski definition) is 1. The zero-order valence-electron chi connectivity index (χ0n) is 12.5. The average molecular weight is 311 g/mol. The van der Waals surface area contributed by atoms with E-state index in [-0.39, 0.29) is 11.9 Å². The lowest BCUT2D eigenvalue weighted by molar-refractivity contribution is 0.0939. The second-order valence-corrected chi connectivity index (χ2v) is 6.62. The summed E-state index contributed by atoms with van der Waals surface area (Å²) < 4.78 is 5.51. The van der Waals surface area contributed by atoms with Crippen LogP contribution in [0, 0.1) is 13.8 Å². The Balaban J connectivity index is 1.91. The van der Waals surface area contributed by atoms with Crippen molar-refractivity contribution in [1.82, 2.24) is 5.32 Å². The van der Waals surface area contributed by atoms with E-state index in [1.165, 1.54) is 0 Å². The summed E-state index contributed by atoms with van der Waals surface area (Å²) in [6.07, 6.45) is 1.62. The summed E-state index contributed by atoms with van der Waals surface area (Å²) in [5.74, 6) is 0.649. The van der Waals surface area contributed by atoms with Crippen LogP contribution in [0.1, 0.15) is 37.5 Å². The Kier molecular flexibility index (Phi) is 4.11. The van der Waals surface area contributed by atoms with Crippen molar-refractivity contribution >= 4 is 17.2 Å². The summed E-state index contributed by atoms with van der Waals surface area (Å²) in [4.78, 5) is 14.8. The predicted molar refractivity (Wildman–Crippen MR) is 88.3 cm³/mol. The second-order valence-electron chi connectivity index (χ2n) is 5.16. The molecule has 112 valence electrons. The molecule has 3 aromatic rings. The van der Waals surface area contributed by atoms with Gasteiger partial charge in [-0.2, -0.15) is 0 Å². The third-order valence-corrected chi connectivity index (χ3v) is 4.49. The van der Waals surface area contributed by atoms with Gasteiger partial charge in [-0.1, -0.05) is 30.3 Å². The van der Waals surface area contributed by atoms with Gasteiger partial charge in [0.2, 0.25) is 0 Å². The molecule has 0 saturated carbocycles. The van der Waals surface area contributed by atoms with Crippen molar-refractivity contribution in [2.45, 2.75) is 19.9 Å². The van der Waals surface area contributed by atoms with Crippen molar-refractivity contribution < 1.29 is 9.21 Å². The molecule has 0 aliphatic heterocycles. The van der Waals surface area contributed by atoms with Gasteiger partial charge in [-0.3, -0.25) is 4.79 Å². The molecule has 0 bridgehead atoms. The summed E-state index contributed by atoms with van der Waals surface area (Å²) in [6, 6.07) is 15.2. The Labute approximate surface area is 133 Å². The molecule has 0 aliphatic carbocycles. The standard InChI is InChI=1S/C18H17NO2S/c1-12-11-15(13(2)22-12)18(20)19-17(16-9-6-10-21-16)14-7-4-3-5-8-14/h3-11,17H,1-2H3,(H,19,20). The first-order valence-electron chi connectivity index (χ1n) is 7.11. The van der Waals surface area contributed by atoms with Crippen LogP contribution >= 0.6 is 11.3 Å². The maximum absolute atomic E-state index is 12.6. The molecule has 0 fully saturated rings. The van der Waals surface area contributed by atoms with Crippen LogP contribution in [0.15, 0.2) is 59.2 Å². The molecule has 2 aromatic heterocycles. The zero-order chi connectivity index (χ0) is 15.5. The molecule has 1 amide bonds. The van der Waals surface area contributed by atoms with Gasteiger partial charge in [0.15, 0.2) is 0 Å². The van der Waals surface area contributed by atoms with Crippen molar-refractivity contribution in [2.75, 3.05) is 0 Å². The van der Waals surface area contributed by atoms with Crippen LogP contribution in [0.4, 0.5) is 0 Å². The molecular weight excluding hydrogens is 294 g/mol. The van der Waals surface area contributed by atoms with Crippen molar-refractivity contribution in [3.8, 4) is 0 Å². The predicted octanol–water partition coefficient (Wildman–Crippen LogP) is 4.48. The maximum Gasteiger partial charge on any atom is 0.253 e. The highest BCUT2D eigenvalue weighted by atomic mass is 32.1. The average Bonchev–Trinajstić information content (AvgIpc) is 3.15. The van der Waals surface area contributed by atoms with E-state index in [4.69, 9.17) is 4.42 Å². The fourth-order valence-electron chi connectivity index (χ4n) is 2.48. The number of nitrogens with one attached hydrogen (secondary N) is 1. The van der Waals surface area contributed by atoms with Crippen molar-refractivity contribution in [3.05, 3.63) is 81.4 Å². The summed E-state index contributed by atoms with van der Waals surface area (Å²) >= 11 is 1.63. The molecule has 0 aliphatic rings. The number of carbonyl (C=O) groups is 1. The fourth-order valence-corrected chi connectivity index (χ4v) is 3.41. The third kappa shape index (κ3) is 2.97. The zero-order valence-corrected chi connectivity index (χ0v) is 13.3. The highest BCUT2D eigenvalue weighted by Gasteiger charge is 2.21. The normalized spacial score (nSPS) is 12.1. The summed E-state index contributed by atoms with van der Waals surface area (Å²) in [5, 5.41) is 3.08. The molecular formula is C18H17NO2S. The minimum absolute atomic E-state index is 0.0768. The second kappa shape index (κ2) is 6.20. The molecule has 3 rings (SSSR count). The Morgan fingerprint density at radius 1 is 1.14 bits per heavy atom. The van der Waals surface area contributed by atoms with Gasteiger partial charge in [-0.05, 0) is 37.6 Å². The van der Waals surface area contributed by atoms with Crippen LogP contribution in [0.5, 0.6) is 0 Å². The van der Waals surface area contributed by atoms with Gasteiger partial charge in [0.05, 0.1) is 11.8 Å². The van der Waals surface area contributed by atoms with E-state index in [9.17, 15) is 4.79 Å². The number of rotatable bonds is 4. The van der Waals surface area contributed by atoms with E-state index in [1.54, 1.807) is 17.6 Å². The van der Waals surface area contributed by atoms with E-state index >= 15 is 0 Å². The molecule has 0 saturated heterocycles. The Morgan fingerprint density at radius 3 is 2.50 bits per heavy atom. The van der Waals surface area contributed by atoms with Gasteiger partial charge in [-0.25, -0.2) is 0 Å². The van der Waals surface area contributed by atoms with Crippen LogP contribution in [-0.4, -0.2) is 5.91 Å². The molecule has 1 aromatic carbocycles. The molecule has 2 heterocycles. The Hall–Kier alpha value is -2.33. The van der Waals surface area contributed by atoms with E-state index in [1.807, 2.05) is 62.4 Å². The van der Waals surface area contributed by atoms with Gasteiger partial charge < -0.3 is 9.73 Å². The molecule has 4 heteroatoms. The first kappa shape index (κ1) is 14.6. The summed E-state index contributed by atoms with van der Waals surface area (Å²) in [7, 11) is 0. The number of carbonyl (C=O) groups excluding carboxylic acids is 1. The number of benzene rings is 1. The van der Waals surface area contributed by atoms with Gasteiger partial charge in [-0.15, -0.1) is 11.3 Å². The lowest BCUT2D eigenvalue weighted by atomic mass is 10.0.